The van der Waals surface area contributed by atoms with Gasteiger partial charge >= 0.3 is 0 Å². The zero-order chi connectivity index (χ0) is 14.5. The topological polar surface area (TPSA) is 58.4 Å². The van der Waals surface area contributed by atoms with Crippen molar-refractivity contribution in [2.75, 3.05) is 31.9 Å². The minimum Gasteiger partial charge on any atom is -0.398 e. The number of carbonyl (C=O) groups is 1. The van der Waals surface area contributed by atoms with Gasteiger partial charge < -0.3 is 16.0 Å². The van der Waals surface area contributed by atoms with Crippen LogP contribution in [-0.4, -0.2) is 37.0 Å². The van der Waals surface area contributed by atoms with E-state index in [2.05, 4.69) is 33.1 Å². The molecule has 0 aliphatic carbocycles. The first-order valence-corrected chi connectivity index (χ1v) is 7.91. The highest BCUT2D eigenvalue weighted by molar-refractivity contribution is 9.10. The summed E-state index contributed by atoms with van der Waals surface area (Å²) in [6.45, 7) is 6.21. The second-order valence-electron chi connectivity index (χ2n) is 5.52. The van der Waals surface area contributed by atoms with E-state index in [4.69, 9.17) is 5.73 Å². The third kappa shape index (κ3) is 4.21. The first-order chi connectivity index (χ1) is 9.56. The SMILES string of the molecule is CC1CCN(CCNC(=O)c2ccc(N)c(Br)c2)CC1. The van der Waals surface area contributed by atoms with Gasteiger partial charge in [-0.3, -0.25) is 4.79 Å². The second-order valence-corrected chi connectivity index (χ2v) is 6.37. The van der Waals surface area contributed by atoms with Crippen molar-refractivity contribution in [2.24, 2.45) is 5.92 Å². The summed E-state index contributed by atoms with van der Waals surface area (Å²) in [7, 11) is 0. The van der Waals surface area contributed by atoms with Crippen molar-refractivity contribution >= 4 is 27.5 Å². The van der Waals surface area contributed by atoms with Gasteiger partial charge in [0.15, 0.2) is 0 Å². The van der Waals surface area contributed by atoms with Gasteiger partial charge in [-0.05, 0) is 66.0 Å². The predicted molar refractivity (Wildman–Crippen MR) is 85.7 cm³/mol. The molecular formula is C15H22BrN3O. The number of benzene rings is 1. The number of halogens is 1. The van der Waals surface area contributed by atoms with E-state index in [1.165, 1.54) is 12.8 Å². The molecule has 0 aromatic heterocycles. The van der Waals surface area contributed by atoms with Gasteiger partial charge in [0.05, 0.1) is 0 Å². The van der Waals surface area contributed by atoms with Gasteiger partial charge in [-0.15, -0.1) is 0 Å². The van der Waals surface area contributed by atoms with Gasteiger partial charge in [0.25, 0.3) is 5.91 Å². The highest BCUT2D eigenvalue weighted by Crippen LogP contribution is 2.20. The van der Waals surface area contributed by atoms with Crippen molar-refractivity contribution in [2.45, 2.75) is 19.8 Å². The minimum atomic E-state index is -0.0453. The number of anilines is 1. The van der Waals surface area contributed by atoms with Crippen LogP contribution >= 0.6 is 15.9 Å². The first kappa shape index (κ1) is 15.3. The summed E-state index contributed by atoms with van der Waals surface area (Å²) in [5, 5.41) is 2.96. The van der Waals surface area contributed by atoms with E-state index >= 15 is 0 Å². The lowest BCUT2D eigenvalue weighted by Crippen LogP contribution is -2.39. The van der Waals surface area contributed by atoms with Crippen LogP contribution in [0.15, 0.2) is 22.7 Å². The maximum absolute atomic E-state index is 12.0. The van der Waals surface area contributed by atoms with Crippen molar-refractivity contribution in [3.8, 4) is 0 Å². The third-order valence-electron chi connectivity index (χ3n) is 3.85. The van der Waals surface area contributed by atoms with Crippen LogP contribution in [0.25, 0.3) is 0 Å². The van der Waals surface area contributed by atoms with E-state index in [0.717, 1.165) is 30.0 Å². The molecule has 110 valence electrons. The normalized spacial score (nSPS) is 17.1. The molecule has 1 aliphatic rings. The maximum Gasteiger partial charge on any atom is 0.251 e. The highest BCUT2D eigenvalue weighted by atomic mass is 79.9. The molecule has 5 heteroatoms. The Bertz CT molecular complexity index is 470. The van der Waals surface area contributed by atoms with Gasteiger partial charge in [0.2, 0.25) is 0 Å². The molecule has 1 fully saturated rings. The predicted octanol–water partition coefficient (Wildman–Crippen LogP) is 2.49. The Morgan fingerprint density at radius 3 is 2.80 bits per heavy atom. The van der Waals surface area contributed by atoms with E-state index in [-0.39, 0.29) is 5.91 Å². The van der Waals surface area contributed by atoms with E-state index in [0.29, 0.717) is 17.8 Å². The van der Waals surface area contributed by atoms with E-state index < -0.39 is 0 Å². The molecule has 0 atom stereocenters. The van der Waals surface area contributed by atoms with Crippen molar-refractivity contribution in [1.82, 2.24) is 10.2 Å². The standard InChI is InChI=1S/C15H22BrN3O/c1-11-4-7-19(8-5-11)9-6-18-15(20)12-2-3-14(17)13(16)10-12/h2-3,10-11H,4-9,17H2,1H3,(H,18,20). The lowest BCUT2D eigenvalue weighted by Gasteiger charge is -2.30. The summed E-state index contributed by atoms with van der Waals surface area (Å²) >= 11 is 3.34. The Hall–Kier alpha value is -1.07. The van der Waals surface area contributed by atoms with Crippen molar-refractivity contribution in [3.05, 3.63) is 28.2 Å². The summed E-state index contributed by atoms with van der Waals surface area (Å²) < 4.78 is 0.759. The summed E-state index contributed by atoms with van der Waals surface area (Å²) in [5.74, 6) is 0.795. The van der Waals surface area contributed by atoms with Gasteiger partial charge in [0.1, 0.15) is 0 Å². The van der Waals surface area contributed by atoms with E-state index in [1.54, 1.807) is 18.2 Å². The minimum absolute atomic E-state index is 0.0453. The Morgan fingerprint density at radius 1 is 1.45 bits per heavy atom. The first-order valence-electron chi connectivity index (χ1n) is 7.12. The molecule has 1 aromatic carbocycles. The Balaban J connectivity index is 1.76. The molecule has 20 heavy (non-hydrogen) atoms. The fourth-order valence-electron chi connectivity index (χ4n) is 2.38. The number of nitrogens with one attached hydrogen (secondary N) is 1. The zero-order valence-corrected chi connectivity index (χ0v) is 13.4. The Morgan fingerprint density at radius 2 is 2.15 bits per heavy atom. The molecule has 1 amide bonds. The number of piperidine rings is 1. The molecular weight excluding hydrogens is 318 g/mol. The lowest BCUT2D eigenvalue weighted by molar-refractivity contribution is 0.0944. The molecule has 3 N–H and O–H groups in total. The fourth-order valence-corrected chi connectivity index (χ4v) is 2.76. The number of hydrogen-bond donors (Lipinski definition) is 2. The van der Waals surface area contributed by atoms with Crippen molar-refractivity contribution in [1.29, 1.82) is 0 Å². The average Bonchev–Trinajstić information content (AvgIpc) is 2.44. The largest absolute Gasteiger partial charge is 0.398 e. The number of amides is 1. The number of nitrogen functional groups attached to an aromatic ring is 1. The van der Waals surface area contributed by atoms with Crippen LogP contribution in [0.2, 0.25) is 0 Å². The van der Waals surface area contributed by atoms with Gasteiger partial charge in [-0.25, -0.2) is 0 Å². The Kier molecular flexibility index (Phi) is 5.43. The quantitative estimate of drug-likeness (QED) is 0.828. The van der Waals surface area contributed by atoms with Crippen LogP contribution < -0.4 is 11.1 Å². The lowest BCUT2D eigenvalue weighted by atomic mass is 9.99. The van der Waals surface area contributed by atoms with Crippen LogP contribution in [0.1, 0.15) is 30.1 Å². The maximum atomic E-state index is 12.0. The molecule has 1 aromatic rings. The third-order valence-corrected chi connectivity index (χ3v) is 4.54. The molecule has 2 rings (SSSR count). The molecule has 1 aliphatic heterocycles. The fraction of sp³-hybridized carbons (Fsp3) is 0.533. The summed E-state index contributed by atoms with van der Waals surface area (Å²) in [6.07, 6.45) is 2.53. The summed E-state index contributed by atoms with van der Waals surface area (Å²) in [4.78, 5) is 14.4. The summed E-state index contributed by atoms with van der Waals surface area (Å²) in [5.41, 5.74) is 6.99. The second kappa shape index (κ2) is 7.09. The number of nitrogens with two attached hydrogens (primary N) is 1. The monoisotopic (exact) mass is 339 g/mol. The van der Waals surface area contributed by atoms with Crippen LogP contribution in [0.5, 0.6) is 0 Å². The molecule has 1 saturated heterocycles. The van der Waals surface area contributed by atoms with Crippen molar-refractivity contribution in [3.63, 3.8) is 0 Å². The van der Waals surface area contributed by atoms with E-state index in [1.807, 2.05) is 0 Å². The summed E-state index contributed by atoms with van der Waals surface area (Å²) in [6, 6.07) is 5.25. The molecule has 0 radical (unpaired) electrons. The van der Waals surface area contributed by atoms with Crippen molar-refractivity contribution < 1.29 is 4.79 Å². The molecule has 4 nitrogen and oxygen atoms in total. The van der Waals surface area contributed by atoms with Crippen LogP contribution in [0, 0.1) is 5.92 Å². The number of likely N-dealkylation sites (tertiary alicyclic amines) is 1. The van der Waals surface area contributed by atoms with Gasteiger partial charge in [0, 0.05) is 28.8 Å². The number of hydrogen-bond acceptors (Lipinski definition) is 3. The smallest absolute Gasteiger partial charge is 0.251 e. The van der Waals surface area contributed by atoms with Crippen LogP contribution in [-0.2, 0) is 0 Å². The van der Waals surface area contributed by atoms with Gasteiger partial charge in [-0.1, -0.05) is 6.92 Å². The molecule has 1 heterocycles. The molecule has 0 spiro atoms. The number of nitrogens with zero attached hydrogens (tertiary/aromatic N) is 1. The molecule has 0 unspecified atom stereocenters. The number of carbonyl (C=O) groups excluding carboxylic acids is 1. The van der Waals surface area contributed by atoms with Crippen LogP contribution in [0.4, 0.5) is 5.69 Å². The van der Waals surface area contributed by atoms with Gasteiger partial charge in [-0.2, -0.15) is 0 Å². The molecule has 0 saturated carbocycles. The highest BCUT2D eigenvalue weighted by Gasteiger charge is 2.15. The average molecular weight is 340 g/mol. The molecule has 0 bridgehead atoms. The van der Waals surface area contributed by atoms with Crippen LogP contribution in [0.3, 0.4) is 0 Å². The zero-order valence-electron chi connectivity index (χ0n) is 11.9. The number of rotatable bonds is 4. The Labute approximate surface area is 128 Å². The van der Waals surface area contributed by atoms with E-state index in [9.17, 15) is 4.79 Å².